The number of hydrogen-bond donors (Lipinski definition) is 0. The zero-order chi connectivity index (χ0) is 13.7. The van der Waals surface area contributed by atoms with Crippen molar-refractivity contribution in [3.05, 3.63) is 52.1 Å². The monoisotopic (exact) mass is 371 g/mol. The number of ether oxygens (including phenoxy) is 1. The van der Waals surface area contributed by atoms with Gasteiger partial charge >= 0.3 is 5.97 Å². The molecule has 0 amide bonds. The highest BCUT2D eigenvalue weighted by Crippen LogP contribution is 2.08. The van der Waals surface area contributed by atoms with Crippen LogP contribution in [-0.2, 0) is 18.3 Å². The molecule has 2 aromatic rings. The van der Waals surface area contributed by atoms with E-state index in [1.165, 1.54) is 0 Å². The lowest BCUT2D eigenvalue weighted by Gasteiger charge is -2.04. The Hall–Kier alpha value is -1.37. The first kappa shape index (κ1) is 14.0. The molecule has 2 rings (SSSR count). The molecule has 5 heteroatoms. The molecule has 0 fully saturated rings. The first-order valence-corrected chi connectivity index (χ1v) is 7.17. The summed E-state index contributed by atoms with van der Waals surface area (Å²) in [5.41, 5.74) is 0.604. The minimum Gasteiger partial charge on any atom is -0.462 e. The van der Waals surface area contributed by atoms with Crippen molar-refractivity contribution in [3.63, 3.8) is 0 Å². The van der Waals surface area contributed by atoms with Crippen molar-refractivity contribution in [2.24, 2.45) is 7.05 Å². The van der Waals surface area contributed by atoms with Gasteiger partial charge in [0.1, 0.15) is 12.4 Å². The van der Waals surface area contributed by atoms with Crippen molar-refractivity contribution < 1.29 is 14.1 Å². The summed E-state index contributed by atoms with van der Waals surface area (Å²) in [4.78, 5) is 11.7. The van der Waals surface area contributed by atoms with Gasteiger partial charge in [0, 0.05) is 9.99 Å². The van der Waals surface area contributed by atoms with Crippen molar-refractivity contribution in [3.8, 4) is 0 Å². The summed E-state index contributed by atoms with van der Waals surface area (Å²) in [5, 5.41) is 0. The van der Waals surface area contributed by atoms with Crippen LogP contribution >= 0.6 is 22.6 Å². The topological polar surface area (TPSA) is 35.1 Å². The van der Waals surface area contributed by atoms with Gasteiger partial charge in [0.15, 0.2) is 0 Å². The molecule has 19 heavy (non-hydrogen) atoms. The smallest absolute Gasteiger partial charge is 0.338 e. The third-order valence-electron chi connectivity index (χ3n) is 2.70. The number of aryl methyl sites for hydroxylation is 2. The van der Waals surface area contributed by atoms with Crippen molar-refractivity contribution in [2.75, 3.05) is 6.61 Å². The van der Waals surface area contributed by atoms with E-state index in [-0.39, 0.29) is 5.97 Å². The van der Waals surface area contributed by atoms with Crippen LogP contribution in [-0.4, -0.2) is 17.1 Å². The van der Waals surface area contributed by atoms with Gasteiger partial charge in [-0.3, -0.25) is 0 Å². The van der Waals surface area contributed by atoms with Crippen LogP contribution in [0.4, 0.5) is 0 Å². The van der Waals surface area contributed by atoms with Crippen molar-refractivity contribution >= 4 is 28.6 Å². The van der Waals surface area contributed by atoms with Crippen LogP contribution in [0.25, 0.3) is 0 Å². The number of halogens is 1. The zero-order valence-corrected chi connectivity index (χ0v) is 12.9. The van der Waals surface area contributed by atoms with Gasteiger partial charge in [-0.2, -0.15) is 0 Å². The zero-order valence-electron chi connectivity index (χ0n) is 10.8. The van der Waals surface area contributed by atoms with Crippen LogP contribution < -0.4 is 4.57 Å². The summed E-state index contributed by atoms with van der Waals surface area (Å²) in [5.74, 6) is -0.255. The number of imidazole rings is 1. The van der Waals surface area contributed by atoms with Gasteiger partial charge in [0.25, 0.3) is 0 Å². The second-order valence-corrected chi connectivity index (χ2v) is 5.56. The fourth-order valence-corrected chi connectivity index (χ4v) is 2.07. The lowest BCUT2D eigenvalue weighted by Crippen LogP contribution is -2.23. The SMILES string of the molecule is C[n+]1ccn(CCCOC(=O)c2ccc(I)cc2)c1. The van der Waals surface area contributed by atoms with Crippen LogP contribution in [0.3, 0.4) is 0 Å². The van der Waals surface area contributed by atoms with E-state index in [4.69, 9.17) is 4.74 Å². The summed E-state index contributed by atoms with van der Waals surface area (Å²) < 4.78 is 10.4. The van der Waals surface area contributed by atoms with Crippen LogP contribution in [0.1, 0.15) is 16.8 Å². The molecule has 4 nitrogen and oxygen atoms in total. The summed E-state index contributed by atoms with van der Waals surface area (Å²) in [6.45, 7) is 1.29. The van der Waals surface area contributed by atoms with Gasteiger partial charge in [-0.15, -0.1) is 0 Å². The fourth-order valence-electron chi connectivity index (χ4n) is 1.72. The molecule has 0 bridgehead atoms. The summed E-state index contributed by atoms with van der Waals surface area (Å²) >= 11 is 2.21. The Kier molecular flexibility index (Phi) is 4.95. The summed E-state index contributed by atoms with van der Waals surface area (Å²) in [7, 11) is 1.98. The van der Waals surface area contributed by atoms with Crippen LogP contribution in [0, 0.1) is 3.57 Å². The predicted molar refractivity (Wildman–Crippen MR) is 79.7 cm³/mol. The van der Waals surface area contributed by atoms with Crippen LogP contribution in [0.15, 0.2) is 43.0 Å². The predicted octanol–water partition coefficient (Wildman–Crippen LogP) is 2.16. The molecule has 1 aromatic carbocycles. The van der Waals surface area contributed by atoms with Crippen molar-refractivity contribution in [2.45, 2.75) is 13.0 Å². The van der Waals surface area contributed by atoms with E-state index < -0.39 is 0 Å². The third-order valence-corrected chi connectivity index (χ3v) is 3.42. The molecule has 0 unspecified atom stereocenters. The molecule has 0 N–H and O–H groups in total. The van der Waals surface area contributed by atoms with Gasteiger partial charge in [-0.05, 0) is 46.9 Å². The van der Waals surface area contributed by atoms with E-state index in [2.05, 4.69) is 27.2 Å². The number of hydrogen-bond acceptors (Lipinski definition) is 2. The molecular weight excluding hydrogens is 355 g/mol. The number of carbonyl (C=O) groups is 1. The maximum Gasteiger partial charge on any atom is 0.338 e. The summed E-state index contributed by atoms with van der Waals surface area (Å²) in [6, 6.07) is 7.38. The Balaban J connectivity index is 1.73. The standard InChI is InChI=1S/C14H16IN2O2/c1-16-8-9-17(11-16)7-2-10-19-14(18)12-3-5-13(15)6-4-12/h3-6,8-9,11H,2,7,10H2,1H3/q+1. The molecular formula is C14H16IN2O2+. The molecule has 0 aliphatic heterocycles. The average Bonchev–Trinajstić information content (AvgIpc) is 2.81. The van der Waals surface area contributed by atoms with Crippen molar-refractivity contribution in [1.29, 1.82) is 0 Å². The molecule has 0 saturated heterocycles. The van der Waals surface area contributed by atoms with Gasteiger partial charge in [-0.25, -0.2) is 13.9 Å². The maximum absolute atomic E-state index is 11.7. The molecule has 100 valence electrons. The highest BCUT2D eigenvalue weighted by atomic mass is 127. The first-order chi connectivity index (χ1) is 9.15. The highest BCUT2D eigenvalue weighted by molar-refractivity contribution is 14.1. The second kappa shape index (κ2) is 6.70. The highest BCUT2D eigenvalue weighted by Gasteiger charge is 2.07. The van der Waals surface area contributed by atoms with E-state index >= 15 is 0 Å². The lowest BCUT2D eigenvalue weighted by atomic mass is 10.2. The van der Waals surface area contributed by atoms with E-state index in [1.54, 1.807) is 12.1 Å². The number of benzene rings is 1. The Bertz CT molecular complexity index is 549. The average molecular weight is 371 g/mol. The lowest BCUT2D eigenvalue weighted by molar-refractivity contribution is -0.671. The van der Waals surface area contributed by atoms with Gasteiger partial charge in [0.05, 0.1) is 25.8 Å². The molecule has 0 spiro atoms. The maximum atomic E-state index is 11.7. The van der Waals surface area contributed by atoms with E-state index in [1.807, 2.05) is 42.5 Å². The van der Waals surface area contributed by atoms with Gasteiger partial charge < -0.3 is 4.74 Å². The third kappa shape index (κ3) is 4.34. The Morgan fingerprint density at radius 1 is 1.37 bits per heavy atom. The number of carbonyl (C=O) groups excluding carboxylic acids is 1. The van der Waals surface area contributed by atoms with E-state index in [0.29, 0.717) is 12.2 Å². The number of nitrogens with zero attached hydrogens (tertiary/aromatic N) is 2. The Morgan fingerprint density at radius 3 is 2.74 bits per heavy atom. The quantitative estimate of drug-likeness (QED) is 0.350. The van der Waals surface area contributed by atoms with Gasteiger partial charge in [-0.1, -0.05) is 0 Å². The van der Waals surface area contributed by atoms with Crippen LogP contribution in [0.5, 0.6) is 0 Å². The van der Waals surface area contributed by atoms with E-state index in [9.17, 15) is 4.79 Å². The largest absolute Gasteiger partial charge is 0.462 e. The minimum absolute atomic E-state index is 0.255. The van der Waals surface area contributed by atoms with E-state index in [0.717, 1.165) is 16.5 Å². The molecule has 0 aliphatic rings. The Morgan fingerprint density at radius 2 is 2.11 bits per heavy atom. The first-order valence-electron chi connectivity index (χ1n) is 6.09. The number of aromatic nitrogens is 2. The molecule has 0 aliphatic carbocycles. The van der Waals surface area contributed by atoms with Gasteiger partial charge in [0.2, 0.25) is 6.33 Å². The number of esters is 1. The van der Waals surface area contributed by atoms with Crippen molar-refractivity contribution in [1.82, 2.24) is 4.57 Å². The molecule has 0 radical (unpaired) electrons. The molecule has 0 atom stereocenters. The normalized spacial score (nSPS) is 10.4. The second-order valence-electron chi connectivity index (χ2n) is 4.31. The molecule has 1 heterocycles. The molecule has 1 aromatic heterocycles. The summed E-state index contributed by atoms with van der Waals surface area (Å²) in [6.07, 6.45) is 6.80. The number of rotatable bonds is 5. The molecule has 0 saturated carbocycles. The van der Waals surface area contributed by atoms with Crippen LogP contribution in [0.2, 0.25) is 0 Å². The fraction of sp³-hybridized carbons (Fsp3) is 0.286. The minimum atomic E-state index is -0.255. The Labute approximate surface area is 126 Å².